The summed E-state index contributed by atoms with van der Waals surface area (Å²) < 4.78 is 90.5. The highest BCUT2D eigenvalue weighted by atomic mass is 19.4. The number of alkyl halides is 6. The van der Waals surface area contributed by atoms with Crippen molar-refractivity contribution in [3.05, 3.63) is 70.8 Å². The third-order valence-electron chi connectivity index (χ3n) is 6.55. The molecule has 10 heteroatoms. The van der Waals surface area contributed by atoms with Crippen molar-refractivity contribution in [3.8, 4) is 0 Å². The van der Waals surface area contributed by atoms with Crippen molar-refractivity contribution in [2.45, 2.75) is 49.2 Å². The van der Waals surface area contributed by atoms with E-state index in [2.05, 4.69) is 5.32 Å². The molecule has 2 fully saturated rings. The Morgan fingerprint density at radius 1 is 1.00 bits per heavy atom. The van der Waals surface area contributed by atoms with Crippen LogP contribution in [0.25, 0.3) is 0 Å². The quantitative estimate of drug-likeness (QED) is 0.452. The molecule has 0 amide bonds. The molecular formula is C24H23F6NO3. The molecule has 1 aliphatic carbocycles. The standard InChI is InChI=1S/C24H23F6NO3/c1-15(16-7-18(23(25,26)27)9-19(8-16)24(28,29)30)33-13-21(17-5-3-2-4-6-17)11-22(12-21)14-34-20(32)10-31-22/h2-9,15,31H,10-14H2,1H3/t15-,21?,22?/m1/s1. The van der Waals surface area contributed by atoms with Gasteiger partial charge in [0.05, 0.1) is 35.9 Å². The minimum Gasteiger partial charge on any atom is -0.463 e. The van der Waals surface area contributed by atoms with Crippen LogP contribution in [-0.2, 0) is 32.0 Å². The van der Waals surface area contributed by atoms with Crippen LogP contribution < -0.4 is 5.32 Å². The molecule has 0 unspecified atom stereocenters. The number of carbonyl (C=O) groups is 1. The number of hydrogen-bond acceptors (Lipinski definition) is 4. The van der Waals surface area contributed by atoms with Gasteiger partial charge in [0.2, 0.25) is 0 Å². The van der Waals surface area contributed by atoms with Crippen LogP contribution in [0.2, 0.25) is 0 Å². The minimum atomic E-state index is -4.93. The molecule has 4 nitrogen and oxygen atoms in total. The Bertz CT molecular complexity index is 1000. The summed E-state index contributed by atoms with van der Waals surface area (Å²) in [6, 6.07) is 10.8. The zero-order chi connectivity index (χ0) is 24.8. The molecule has 1 atom stereocenters. The van der Waals surface area contributed by atoms with Gasteiger partial charge in [-0.25, -0.2) is 0 Å². The Kier molecular flexibility index (Phi) is 6.18. The summed E-state index contributed by atoms with van der Waals surface area (Å²) >= 11 is 0. The Morgan fingerprint density at radius 3 is 2.09 bits per heavy atom. The van der Waals surface area contributed by atoms with Crippen LogP contribution in [0.1, 0.15) is 48.1 Å². The van der Waals surface area contributed by atoms with Crippen molar-refractivity contribution in [3.63, 3.8) is 0 Å². The van der Waals surface area contributed by atoms with Crippen LogP contribution in [0.15, 0.2) is 48.5 Å². The molecule has 4 rings (SSSR count). The van der Waals surface area contributed by atoms with Crippen molar-refractivity contribution < 1.29 is 40.6 Å². The summed E-state index contributed by atoms with van der Waals surface area (Å²) in [6.45, 7) is 1.78. The highest BCUT2D eigenvalue weighted by molar-refractivity contribution is 5.72. The number of cyclic esters (lactones) is 1. The number of benzene rings is 2. The lowest BCUT2D eigenvalue weighted by Gasteiger charge is -2.57. The SMILES string of the molecule is C[C@@H](OCC1(c2ccccc2)CC2(COC(=O)CN2)C1)c1cc(C(F)(F)F)cc(C(F)(F)F)c1. The van der Waals surface area contributed by atoms with Crippen LogP contribution in [0.4, 0.5) is 26.3 Å². The molecule has 0 bridgehead atoms. The maximum absolute atomic E-state index is 13.2. The Balaban J connectivity index is 1.56. The van der Waals surface area contributed by atoms with Gasteiger partial charge in [-0.15, -0.1) is 0 Å². The fraction of sp³-hybridized carbons (Fsp3) is 0.458. The first-order valence-electron chi connectivity index (χ1n) is 10.7. The van der Waals surface area contributed by atoms with E-state index in [1.54, 1.807) is 0 Å². The Hall–Kier alpha value is -2.59. The highest BCUT2D eigenvalue weighted by Gasteiger charge is 2.57. The summed E-state index contributed by atoms with van der Waals surface area (Å²) in [7, 11) is 0. The second-order valence-corrected chi connectivity index (χ2v) is 9.09. The molecule has 2 aliphatic rings. The summed E-state index contributed by atoms with van der Waals surface area (Å²) in [5.41, 5.74) is -2.98. The molecule has 1 heterocycles. The minimum absolute atomic E-state index is 0.0760. The molecule has 34 heavy (non-hydrogen) atoms. The van der Waals surface area contributed by atoms with Gasteiger partial charge >= 0.3 is 18.3 Å². The van der Waals surface area contributed by atoms with Gasteiger partial charge in [0.1, 0.15) is 6.61 Å². The smallest absolute Gasteiger partial charge is 0.416 e. The molecule has 184 valence electrons. The topological polar surface area (TPSA) is 47.6 Å². The molecule has 0 radical (unpaired) electrons. The van der Waals surface area contributed by atoms with Gasteiger partial charge in [0.25, 0.3) is 0 Å². The molecule has 1 saturated heterocycles. The molecule has 1 spiro atoms. The van der Waals surface area contributed by atoms with Crippen molar-refractivity contribution >= 4 is 5.97 Å². The average Bonchev–Trinajstić information content (AvgIpc) is 2.76. The molecule has 1 N–H and O–H groups in total. The summed E-state index contributed by atoms with van der Waals surface area (Å²) in [4.78, 5) is 11.4. The van der Waals surface area contributed by atoms with Gasteiger partial charge in [-0.2, -0.15) is 26.3 Å². The lowest BCUT2D eigenvalue weighted by atomic mass is 9.54. The van der Waals surface area contributed by atoms with Crippen LogP contribution >= 0.6 is 0 Å². The Morgan fingerprint density at radius 2 is 1.59 bits per heavy atom. The van der Waals surface area contributed by atoms with E-state index in [9.17, 15) is 31.1 Å². The van der Waals surface area contributed by atoms with Crippen molar-refractivity contribution in [2.24, 2.45) is 0 Å². The van der Waals surface area contributed by atoms with Gasteiger partial charge in [-0.05, 0) is 49.1 Å². The second kappa shape index (κ2) is 8.57. The van der Waals surface area contributed by atoms with Crippen molar-refractivity contribution in [2.75, 3.05) is 19.8 Å². The van der Waals surface area contributed by atoms with E-state index in [4.69, 9.17) is 9.47 Å². The summed E-state index contributed by atoms with van der Waals surface area (Å²) in [6.07, 6.45) is -9.78. The van der Waals surface area contributed by atoms with E-state index in [0.717, 1.165) is 5.56 Å². The second-order valence-electron chi connectivity index (χ2n) is 9.09. The molecule has 1 saturated carbocycles. The largest absolute Gasteiger partial charge is 0.463 e. The maximum atomic E-state index is 13.2. The van der Waals surface area contributed by atoms with Crippen molar-refractivity contribution in [1.82, 2.24) is 5.32 Å². The molecule has 1 aliphatic heterocycles. The van der Waals surface area contributed by atoms with E-state index in [1.807, 2.05) is 30.3 Å². The fourth-order valence-electron chi connectivity index (χ4n) is 4.83. The summed E-state index contributed by atoms with van der Waals surface area (Å²) in [5, 5.41) is 3.19. The number of carbonyl (C=O) groups excluding carboxylic acids is 1. The zero-order valence-corrected chi connectivity index (χ0v) is 18.2. The number of nitrogens with one attached hydrogen (secondary N) is 1. The third kappa shape index (κ3) is 4.93. The number of esters is 1. The maximum Gasteiger partial charge on any atom is 0.416 e. The predicted molar refractivity (Wildman–Crippen MR) is 110 cm³/mol. The number of ether oxygens (including phenoxy) is 2. The highest BCUT2D eigenvalue weighted by Crippen LogP contribution is 2.52. The Labute approximate surface area is 192 Å². The first-order chi connectivity index (χ1) is 15.8. The average molecular weight is 487 g/mol. The van der Waals surface area contributed by atoms with Gasteiger partial charge in [-0.1, -0.05) is 30.3 Å². The lowest BCUT2D eigenvalue weighted by Crippen LogP contribution is -2.69. The molecular weight excluding hydrogens is 464 g/mol. The van der Waals surface area contributed by atoms with Gasteiger partial charge in [0, 0.05) is 5.41 Å². The number of morpholine rings is 1. The van der Waals surface area contributed by atoms with E-state index in [0.29, 0.717) is 25.0 Å². The van der Waals surface area contributed by atoms with Crippen LogP contribution in [0.5, 0.6) is 0 Å². The third-order valence-corrected chi connectivity index (χ3v) is 6.55. The molecule has 2 aromatic carbocycles. The summed E-state index contributed by atoms with van der Waals surface area (Å²) in [5.74, 6) is -0.349. The monoisotopic (exact) mass is 487 g/mol. The van der Waals surface area contributed by atoms with Gasteiger partial charge in [0.15, 0.2) is 0 Å². The van der Waals surface area contributed by atoms with Crippen LogP contribution in [0.3, 0.4) is 0 Å². The zero-order valence-electron chi connectivity index (χ0n) is 18.2. The van der Waals surface area contributed by atoms with E-state index in [-0.39, 0.29) is 37.4 Å². The normalized spacial score (nSPS) is 26.1. The lowest BCUT2D eigenvalue weighted by molar-refractivity contribution is -0.158. The first kappa shape index (κ1) is 24.5. The fourth-order valence-corrected chi connectivity index (χ4v) is 4.83. The van der Waals surface area contributed by atoms with E-state index in [1.165, 1.54) is 6.92 Å². The predicted octanol–water partition coefficient (Wildman–Crippen LogP) is 5.42. The number of rotatable bonds is 5. The molecule has 0 aromatic heterocycles. The van der Waals surface area contributed by atoms with Crippen LogP contribution in [-0.4, -0.2) is 31.3 Å². The van der Waals surface area contributed by atoms with Crippen LogP contribution in [0, 0.1) is 0 Å². The first-order valence-corrected chi connectivity index (χ1v) is 10.7. The number of halogens is 6. The van der Waals surface area contributed by atoms with E-state index < -0.39 is 40.5 Å². The molecule has 2 aromatic rings. The van der Waals surface area contributed by atoms with Gasteiger partial charge < -0.3 is 9.47 Å². The number of hydrogen-bond donors (Lipinski definition) is 1. The van der Waals surface area contributed by atoms with Gasteiger partial charge in [-0.3, -0.25) is 10.1 Å². The van der Waals surface area contributed by atoms with Crippen molar-refractivity contribution in [1.29, 1.82) is 0 Å². The van der Waals surface area contributed by atoms with E-state index >= 15 is 0 Å².